The van der Waals surface area contributed by atoms with Crippen molar-refractivity contribution < 1.29 is 14.7 Å². The molecule has 1 amide bonds. The van der Waals surface area contributed by atoms with Gasteiger partial charge in [-0.25, -0.2) is 0 Å². The molecule has 1 aliphatic rings. The van der Waals surface area contributed by atoms with Crippen molar-refractivity contribution in [1.82, 2.24) is 4.90 Å². The van der Waals surface area contributed by atoms with Crippen LogP contribution in [0.5, 0.6) is 0 Å². The summed E-state index contributed by atoms with van der Waals surface area (Å²) in [4.78, 5) is 25.6. The summed E-state index contributed by atoms with van der Waals surface area (Å²) >= 11 is 1.74. The Balaban J connectivity index is 1.56. The second kappa shape index (κ2) is 7.34. The molecule has 3 rings (SSSR count). The molecule has 2 aromatic rings. The predicted octanol–water partition coefficient (Wildman–Crippen LogP) is 3.94. The van der Waals surface area contributed by atoms with Crippen LogP contribution < -0.4 is 0 Å². The van der Waals surface area contributed by atoms with Crippen LogP contribution in [0.4, 0.5) is 0 Å². The molecule has 0 saturated carbocycles. The Hall–Kier alpha value is -1.88. The SMILES string of the molecule is C[C@@H]1[C@H](C(=O)O)CCCN1C(=O)CCCc1csc2ccccc12. The van der Waals surface area contributed by atoms with Gasteiger partial charge in [-0.2, -0.15) is 0 Å². The lowest BCUT2D eigenvalue weighted by Gasteiger charge is -2.37. The lowest BCUT2D eigenvalue weighted by atomic mass is 9.90. The van der Waals surface area contributed by atoms with E-state index in [1.165, 1.54) is 15.6 Å². The summed E-state index contributed by atoms with van der Waals surface area (Å²) < 4.78 is 1.28. The van der Waals surface area contributed by atoms with E-state index in [1.807, 2.05) is 19.1 Å². The molecule has 2 atom stereocenters. The first-order valence-corrected chi connectivity index (χ1v) is 9.43. The number of carboxylic acids is 1. The van der Waals surface area contributed by atoms with E-state index in [0.717, 1.165) is 19.3 Å². The fourth-order valence-electron chi connectivity index (χ4n) is 3.63. The van der Waals surface area contributed by atoms with Crippen LogP contribution in [-0.2, 0) is 16.0 Å². The van der Waals surface area contributed by atoms with Gasteiger partial charge in [0, 0.05) is 23.7 Å². The number of carbonyl (C=O) groups is 2. The standard InChI is InChI=1S/C19H23NO3S/c1-13-15(19(22)23)8-5-11-20(13)18(21)10-4-6-14-12-24-17-9-3-2-7-16(14)17/h2-3,7,9,12-13,15H,4-6,8,10-11H2,1H3,(H,22,23)/t13-,15-/m1/s1. The van der Waals surface area contributed by atoms with Crippen molar-refractivity contribution in [3.8, 4) is 0 Å². The Kier molecular flexibility index (Phi) is 5.19. The smallest absolute Gasteiger partial charge is 0.308 e. The summed E-state index contributed by atoms with van der Waals surface area (Å²) in [5, 5.41) is 12.7. The zero-order valence-corrected chi connectivity index (χ0v) is 14.7. The van der Waals surface area contributed by atoms with E-state index in [0.29, 0.717) is 19.4 Å². The van der Waals surface area contributed by atoms with Gasteiger partial charge in [-0.1, -0.05) is 18.2 Å². The zero-order valence-electron chi connectivity index (χ0n) is 13.9. The van der Waals surface area contributed by atoms with E-state index >= 15 is 0 Å². The molecule has 5 heteroatoms. The molecule has 0 unspecified atom stereocenters. The molecule has 2 heterocycles. The number of hydrogen-bond donors (Lipinski definition) is 1. The number of aryl methyl sites for hydroxylation is 1. The minimum absolute atomic E-state index is 0.0907. The molecule has 1 aromatic carbocycles. The summed E-state index contributed by atoms with van der Waals surface area (Å²) in [6, 6.07) is 8.14. The maximum absolute atomic E-state index is 12.5. The largest absolute Gasteiger partial charge is 0.481 e. The van der Waals surface area contributed by atoms with E-state index in [1.54, 1.807) is 16.2 Å². The molecule has 1 aliphatic heterocycles. The number of carbonyl (C=O) groups excluding carboxylic acids is 1. The number of likely N-dealkylation sites (tertiary alicyclic amines) is 1. The van der Waals surface area contributed by atoms with Crippen LogP contribution in [0.3, 0.4) is 0 Å². The van der Waals surface area contributed by atoms with Crippen LogP contribution in [-0.4, -0.2) is 34.5 Å². The van der Waals surface area contributed by atoms with Gasteiger partial charge in [0.15, 0.2) is 0 Å². The summed E-state index contributed by atoms with van der Waals surface area (Å²) in [6.07, 6.45) is 3.63. The van der Waals surface area contributed by atoms with Gasteiger partial charge in [-0.3, -0.25) is 9.59 Å². The maximum Gasteiger partial charge on any atom is 0.308 e. The van der Waals surface area contributed by atoms with Gasteiger partial charge in [0.2, 0.25) is 5.91 Å². The lowest BCUT2D eigenvalue weighted by molar-refractivity contribution is -0.149. The van der Waals surface area contributed by atoms with Crippen molar-refractivity contribution in [1.29, 1.82) is 0 Å². The van der Waals surface area contributed by atoms with Crippen molar-refractivity contribution in [2.75, 3.05) is 6.54 Å². The van der Waals surface area contributed by atoms with Gasteiger partial charge < -0.3 is 10.0 Å². The number of piperidine rings is 1. The Labute approximate surface area is 146 Å². The molecular weight excluding hydrogens is 322 g/mol. The molecule has 0 spiro atoms. The third kappa shape index (κ3) is 3.46. The number of thiophene rings is 1. The third-order valence-electron chi connectivity index (χ3n) is 5.02. The van der Waals surface area contributed by atoms with Crippen molar-refractivity contribution in [3.63, 3.8) is 0 Å². The first-order valence-electron chi connectivity index (χ1n) is 8.55. The topological polar surface area (TPSA) is 57.6 Å². The molecular formula is C19H23NO3S. The first kappa shape index (κ1) is 17.0. The minimum Gasteiger partial charge on any atom is -0.481 e. The van der Waals surface area contributed by atoms with Gasteiger partial charge >= 0.3 is 5.97 Å². The molecule has 1 saturated heterocycles. The van der Waals surface area contributed by atoms with Crippen molar-refractivity contribution in [2.45, 2.75) is 45.1 Å². The second-order valence-electron chi connectivity index (χ2n) is 6.53. The molecule has 0 radical (unpaired) electrons. The monoisotopic (exact) mass is 345 g/mol. The molecule has 128 valence electrons. The number of fused-ring (bicyclic) bond motifs is 1. The summed E-state index contributed by atoms with van der Waals surface area (Å²) in [5.41, 5.74) is 1.30. The molecule has 1 aromatic heterocycles. The van der Waals surface area contributed by atoms with E-state index in [2.05, 4.69) is 17.5 Å². The molecule has 1 fully saturated rings. The average molecular weight is 345 g/mol. The van der Waals surface area contributed by atoms with E-state index < -0.39 is 11.9 Å². The predicted molar refractivity (Wildman–Crippen MR) is 96.3 cm³/mol. The highest BCUT2D eigenvalue weighted by Gasteiger charge is 2.34. The van der Waals surface area contributed by atoms with Gasteiger partial charge in [-0.15, -0.1) is 11.3 Å². The number of aliphatic carboxylic acids is 1. The van der Waals surface area contributed by atoms with E-state index in [-0.39, 0.29) is 11.9 Å². The van der Waals surface area contributed by atoms with Gasteiger partial charge in [0.1, 0.15) is 0 Å². The number of amides is 1. The zero-order chi connectivity index (χ0) is 17.1. The average Bonchev–Trinajstić information content (AvgIpc) is 2.98. The fraction of sp³-hybridized carbons (Fsp3) is 0.474. The normalized spacial score (nSPS) is 21.1. The Bertz CT molecular complexity index is 739. The number of rotatable bonds is 5. The fourth-order valence-corrected chi connectivity index (χ4v) is 4.62. The Morgan fingerprint density at radius 1 is 1.33 bits per heavy atom. The molecule has 4 nitrogen and oxygen atoms in total. The van der Waals surface area contributed by atoms with E-state index in [9.17, 15) is 14.7 Å². The van der Waals surface area contributed by atoms with Crippen molar-refractivity contribution in [2.24, 2.45) is 5.92 Å². The molecule has 0 aliphatic carbocycles. The lowest BCUT2D eigenvalue weighted by Crippen LogP contribution is -2.49. The molecule has 0 bridgehead atoms. The van der Waals surface area contributed by atoms with E-state index in [4.69, 9.17) is 0 Å². The van der Waals surface area contributed by atoms with Gasteiger partial charge in [0.25, 0.3) is 0 Å². The molecule has 24 heavy (non-hydrogen) atoms. The summed E-state index contributed by atoms with van der Waals surface area (Å²) in [5.74, 6) is -1.12. The highest BCUT2D eigenvalue weighted by molar-refractivity contribution is 7.17. The molecule has 1 N–H and O–H groups in total. The second-order valence-corrected chi connectivity index (χ2v) is 7.44. The van der Waals surface area contributed by atoms with Gasteiger partial charge in [0.05, 0.1) is 5.92 Å². The quantitative estimate of drug-likeness (QED) is 0.893. The highest BCUT2D eigenvalue weighted by Crippen LogP contribution is 2.28. The van der Waals surface area contributed by atoms with Crippen LogP contribution in [0.2, 0.25) is 0 Å². The Morgan fingerprint density at radius 3 is 2.92 bits per heavy atom. The Morgan fingerprint density at radius 2 is 2.12 bits per heavy atom. The first-order chi connectivity index (χ1) is 11.6. The summed E-state index contributed by atoms with van der Waals surface area (Å²) in [6.45, 7) is 2.55. The number of hydrogen-bond acceptors (Lipinski definition) is 3. The number of carboxylic acid groups (broad SMARTS) is 1. The number of benzene rings is 1. The van der Waals surface area contributed by atoms with Crippen LogP contribution in [0.25, 0.3) is 10.1 Å². The van der Waals surface area contributed by atoms with Crippen LogP contribution in [0.1, 0.15) is 38.2 Å². The van der Waals surface area contributed by atoms with Gasteiger partial charge in [-0.05, 0) is 55.0 Å². The van der Waals surface area contributed by atoms with Crippen molar-refractivity contribution >= 4 is 33.3 Å². The maximum atomic E-state index is 12.5. The van der Waals surface area contributed by atoms with Crippen LogP contribution in [0.15, 0.2) is 29.6 Å². The third-order valence-corrected chi connectivity index (χ3v) is 6.04. The van der Waals surface area contributed by atoms with Crippen LogP contribution in [0, 0.1) is 5.92 Å². The minimum atomic E-state index is -0.787. The summed E-state index contributed by atoms with van der Waals surface area (Å²) in [7, 11) is 0. The number of nitrogens with zero attached hydrogens (tertiary/aromatic N) is 1. The van der Waals surface area contributed by atoms with Crippen LogP contribution >= 0.6 is 11.3 Å². The highest BCUT2D eigenvalue weighted by atomic mass is 32.1. The van der Waals surface area contributed by atoms with Crippen molar-refractivity contribution in [3.05, 3.63) is 35.2 Å².